The Morgan fingerprint density at radius 2 is 1.58 bits per heavy atom. The van der Waals surface area contributed by atoms with Gasteiger partial charge in [-0.15, -0.1) is 0 Å². The minimum Gasteiger partial charge on any atom is -0.481 e. The summed E-state index contributed by atoms with van der Waals surface area (Å²) in [6, 6.07) is 14.4. The van der Waals surface area contributed by atoms with E-state index in [-0.39, 0.29) is 6.61 Å². The van der Waals surface area contributed by atoms with E-state index in [1.165, 1.54) is 0 Å². The smallest absolute Gasteiger partial charge is 0.395 e. The lowest BCUT2D eigenvalue weighted by atomic mass is 9.90. The standard InChI is InChI=1S/C19H17NO4/c1-3-24-19(23)17(20-2)15-11-9-14(10-12-15)16(18(21)22)13-7-5-4-6-8-13/h4-12,16-17H,3H2,1H3,(H,21,22). The maximum Gasteiger partial charge on any atom is 0.395 e. The summed E-state index contributed by atoms with van der Waals surface area (Å²) in [6.07, 6.45) is 0. The molecule has 0 heterocycles. The fraction of sp³-hybridized carbons (Fsp3) is 0.211. The average Bonchev–Trinajstić information content (AvgIpc) is 2.58. The molecule has 0 saturated carbocycles. The molecular weight excluding hydrogens is 306 g/mol. The first-order valence-electron chi connectivity index (χ1n) is 7.49. The van der Waals surface area contributed by atoms with Crippen LogP contribution in [-0.4, -0.2) is 23.7 Å². The van der Waals surface area contributed by atoms with Gasteiger partial charge in [0.1, 0.15) is 5.92 Å². The first-order chi connectivity index (χ1) is 11.6. The van der Waals surface area contributed by atoms with Gasteiger partial charge >= 0.3 is 18.0 Å². The van der Waals surface area contributed by atoms with Gasteiger partial charge in [-0.1, -0.05) is 54.6 Å². The Morgan fingerprint density at radius 1 is 1.04 bits per heavy atom. The average molecular weight is 323 g/mol. The van der Waals surface area contributed by atoms with Crippen LogP contribution in [0.1, 0.15) is 35.6 Å². The lowest BCUT2D eigenvalue weighted by molar-refractivity contribution is -0.143. The van der Waals surface area contributed by atoms with E-state index in [0.717, 1.165) is 0 Å². The molecule has 2 unspecified atom stereocenters. The van der Waals surface area contributed by atoms with Crippen molar-refractivity contribution in [1.29, 1.82) is 0 Å². The molecule has 0 fully saturated rings. The minimum absolute atomic E-state index is 0.206. The van der Waals surface area contributed by atoms with Crippen LogP contribution >= 0.6 is 0 Å². The number of hydrogen-bond acceptors (Lipinski definition) is 3. The molecule has 0 aliphatic heterocycles. The maximum atomic E-state index is 11.8. The number of hydrogen-bond donors (Lipinski definition) is 1. The molecule has 0 radical (unpaired) electrons. The number of carboxylic acids is 1. The van der Waals surface area contributed by atoms with E-state index >= 15 is 0 Å². The molecule has 2 aromatic rings. The van der Waals surface area contributed by atoms with Crippen LogP contribution in [0.3, 0.4) is 0 Å². The zero-order chi connectivity index (χ0) is 17.5. The van der Waals surface area contributed by atoms with Gasteiger partial charge < -0.3 is 9.84 Å². The summed E-state index contributed by atoms with van der Waals surface area (Å²) in [5, 5.41) is 9.54. The van der Waals surface area contributed by atoms with Crippen LogP contribution in [0.2, 0.25) is 0 Å². The van der Waals surface area contributed by atoms with Gasteiger partial charge in [0.25, 0.3) is 0 Å². The fourth-order valence-corrected chi connectivity index (χ4v) is 2.48. The monoisotopic (exact) mass is 323 g/mol. The number of carboxylic acid groups (broad SMARTS) is 1. The summed E-state index contributed by atoms with van der Waals surface area (Å²) in [4.78, 5) is 26.7. The summed E-state index contributed by atoms with van der Waals surface area (Å²) < 4.78 is 4.89. The van der Waals surface area contributed by atoms with Crippen molar-refractivity contribution < 1.29 is 19.4 Å². The summed E-state index contributed by atoms with van der Waals surface area (Å²) >= 11 is 0. The molecule has 2 rings (SSSR count). The third kappa shape index (κ3) is 3.79. The molecule has 24 heavy (non-hydrogen) atoms. The van der Waals surface area contributed by atoms with Crippen molar-refractivity contribution in [2.24, 2.45) is 0 Å². The third-order valence-electron chi connectivity index (χ3n) is 3.60. The van der Waals surface area contributed by atoms with Gasteiger partial charge in [-0.25, -0.2) is 11.4 Å². The highest BCUT2D eigenvalue weighted by Crippen LogP contribution is 2.27. The first-order valence-corrected chi connectivity index (χ1v) is 7.49. The first kappa shape index (κ1) is 17.2. The molecule has 2 aromatic carbocycles. The molecule has 2 atom stereocenters. The fourth-order valence-electron chi connectivity index (χ4n) is 2.48. The molecule has 0 aliphatic carbocycles. The summed E-state index contributed by atoms with van der Waals surface area (Å²) in [7, 11) is 0. The van der Waals surface area contributed by atoms with Crippen LogP contribution in [-0.2, 0) is 14.3 Å². The van der Waals surface area contributed by atoms with E-state index in [2.05, 4.69) is 4.85 Å². The quantitative estimate of drug-likeness (QED) is 0.653. The van der Waals surface area contributed by atoms with Crippen molar-refractivity contribution >= 4 is 11.9 Å². The summed E-state index contributed by atoms with van der Waals surface area (Å²) in [6.45, 7) is 9.06. The molecule has 5 nitrogen and oxygen atoms in total. The van der Waals surface area contributed by atoms with Gasteiger partial charge in [0.2, 0.25) is 0 Å². The molecule has 122 valence electrons. The lowest BCUT2D eigenvalue weighted by Gasteiger charge is -2.14. The van der Waals surface area contributed by atoms with E-state index < -0.39 is 23.9 Å². The van der Waals surface area contributed by atoms with Crippen molar-refractivity contribution in [3.63, 3.8) is 0 Å². The normalized spacial score (nSPS) is 12.7. The van der Waals surface area contributed by atoms with Gasteiger partial charge in [-0.3, -0.25) is 9.64 Å². The molecule has 1 N–H and O–H groups in total. The van der Waals surface area contributed by atoms with E-state index in [9.17, 15) is 14.7 Å². The SMILES string of the molecule is [C-]#[N+]C(C(=O)OCC)c1ccc(C(C(=O)O)c2ccccc2)cc1. The number of nitrogens with zero attached hydrogens (tertiary/aromatic N) is 1. The molecular formula is C19H17NO4. The van der Waals surface area contributed by atoms with E-state index in [1.54, 1.807) is 55.5 Å². The van der Waals surface area contributed by atoms with Crippen LogP contribution < -0.4 is 0 Å². The number of aliphatic carboxylic acids is 1. The van der Waals surface area contributed by atoms with Crippen LogP contribution in [0.15, 0.2) is 54.6 Å². The molecule has 0 spiro atoms. The lowest BCUT2D eigenvalue weighted by Crippen LogP contribution is -2.15. The second-order valence-electron chi connectivity index (χ2n) is 5.13. The highest BCUT2D eigenvalue weighted by molar-refractivity contribution is 5.81. The van der Waals surface area contributed by atoms with Gasteiger partial charge in [0, 0.05) is 5.56 Å². The van der Waals surface area contributed by atoms with Crippen molar-refractivity contribution in [3.05, 3.63) is 82.7 Å². The van der Waals surface area contributed by atoms with Crippen LogP contribution in [0.25, 0.3) is 4.85 Å². The van der Waals surface area contributed by atoms with Crippen molar-refractivity contribution in [3.8, 4) is 0 Å². The van der Waals surface area contributed by atoms with Gasteiger partial charge in [-0.2, -0.15) is 0 Å². The third-order valence-corrected chi connectivity index (χ3v) is 3.60. The maximum absolute atomic E-state index is 11.8. The zero-order valence-electron chi connectivity index (χ0n) is 13.2. The Bertz CT molecular complexity index is 747. The number of rotatable bonds is 6. The second kappa shape index (κ2) is 7.93. The van der Waals surface area contributed by atoms with Gasteiger partial charge in [-0.05, 0) is 18.1 Å². The van der Waals surface area contributed by atoms with Gasteiger partial charge in [0.15, 0.2) is 0 Å². The molecule has 0 aliphatic rings. The largest absolute Gasteiger partial charge is 0.481 e. The summed E-state index contributed by atoms with van der Waals surface area (Å²) in [5.74, 6) is -2.35. The van der Waals surface area contributed by atoms with Crippen molar-refractivity contribution in [1.82, 2.24) is 0 Å². The second-order valence-corrected chi connectivity index (χ2v) is 5.13. The van der Waals surface area contributed by atoms with Crippen LogP contribution in [0, 0.1) is 6.57 Å². The molecule has 0 amide bonds. The zero-order valence-corrected chi connectivity index (χ0v) is 13.2. The molecule has 0 saturated heterocycles. The number of benzene rings is 2. The Morgan fingerprint density at radius 3 is 2.08 bits per heavy atom. The highest BCUT2D eigenvalue weighted by Gasteiger charge is 2.28. The topological polar surface area (TPSA) is 68.0 Å². The Hall–Kier alpha value is -3.13. The number of esters is 1. The van der Waals surface area contributed by atoms with E-state index in [4.69, 9.17) is 11.3 Å². The number of carbonyl (C=O) groups excluding carboxylic acids is 1. The van der Waals surface area contributed by atoms with Crippen LogP contribution in [0.4, 0.5) is 0 Å². The molecule has 5 heteroatoms. The van der Waals surface area contributed by atoms with E-state index in [1.807, 2.05) is 6.07 Å². The van der Waals surface area contributed by atoms with Crippen molar-refractivity contribution in [2.45, 2.75) is 18.9 Å². The highest BCUT2D eigenvalue weighted by atomic mass is 16.5. The predicted molar refractivity (Wildman–Crippen MR) is 88.3 cm³/mol. The minimum atomic E-state index is -1.03. The number of carbonyl (C=O) groups is 2. The summed E-state index contributed by atoms with van der Waals surface area (Å²) in [5.41, 5.74) is 1.75. The van der Waals surface area contributed by atoms with Gasteiger partial charge in [0.05, 0.1) is 6.61 Å². The van der Waals surface area contributed by atoms with Crippen molar-refractivity contribution in [2.75, 3.05) is 6.61 Å². The molecule has 0 aromatic heterocycles. The Labute approximate surface area is 140 Å². The Balaban J connectivity index is 2.32. The van der Waals surface area contributed by atoms with E-state index in [0.29, 0.717) is 16.7 Å². The number of ether oxygens (including phenoxy) is 1. The predicted octanol–water partition coefficient (Wildman–Crippen LogP) is 3.43. The molecule has 0 bridgehead atoms. The Kier molecular flexibility index (Phi) is 5.69. The van der Waals surface area contributed by atoms with Crippen LogP contribution in [0.5, 0.6) is 0 Å².